The van der Waals surface area contributed by atoms with Gasteiger partial charge in [-0.15, -0.1) is 0 Å². The van der Waals surface area contributed by atoms with E-state index in [9.17, 15) is 0 Å². The predicted octanol–water partition coefficient (Wildman–Crippen LogP) is 1.44. The van der Waals surface area contributed by atoms with E-state index in [1.807, 2.05) is 0 Å². The fourth-order valence-electron chi connectivity index (χ4n) is 2.11. The summed E-state index contributed by atoms with van der Waals surface area (Å²) in [5.41, 5.74) is 4.20. The van der Waals surface area contributed by atoms with Crippen molar-refractivity contribution in [2.75, 3.05) is 0 Å². The van der Waals surface area contributed by atoms with E-state index in [1.54, 1.807) is 0 Å². The summed E-state index contributed by atoms with van der Waals surface area (Å²) in [6.45, 7) is 4.66. The van der Waals surface area contributed by atoms with Crippen molar-refractivity contribution in [3.8, 4) is 0 Å². The third-order valence-electron chi connectivity index (χ3n) is 2.82. The minimum absolute atomic E-state index is 0.744. The average molecular weight is 142 g/mol. The second-order valence-corrected chi connectivity index (χ2v) is 3.95. The second-order valence-electron chi connectivity index (χ2n) is 3.95. The lowest BCUT2D eigenvalue weighted by atomic mass is 9.78. The molecule has 2 atom stereocenters. The average Bonchev–Trinajstić information content (AvgIpc) is 1.88. The van der Waals surface area contributed by atoms with E-state index in [-0.39, 0.29) is 0 Å². The molecule has 60 valence electrons. The van der Waals surface area contributed by atoms with Crippen LogP contribution in [0.5, 0.6) is 0 Å². The first-order chi connectivity index (χ1) is 4.72. The van der Waals surface area contributed by atoms with Gasteiger partial charge >= 0.3 is 0 Å². The van der Waals surface area contributed by atoms with E-state index in [0.717, 1.165) is 17.9 Å². The first-order valence-electron chi connectivity index (χ1n) is 4.55. The molecule has 1 rings (SSSR count). The fourth-order valence-corrected chi connectivity index (χ4v) is 2.11. The maximum Gasteiger partial charge on any atom is 0.0874 e. The van der Waals surface area contributed by atoms with Crippen molar-refractivity contribution in [2.24, 2.45) is 11.8 Å². The molecule has 0 aromatic carbocycles. The molecule has 0 aromatic rings. The Hall–Kier alpha value is -0.0400. The minimum Gasteiger partial charge on any atom is -0.355 e. The lowest BCUT2D eigenvalue weighted by molar-refractivity contribution is -0.441. The second kappa shape index (κ2) is 3.38. The summed E-state index contributed by atoms with van der Waals surface area (Å²) in [4.78, 5) is 0. The molecule has 10 heavy (non-hydrogen) atoms. The molecule has 0 aromatic heterocycles. The van der Waals surface area contributed by atoms with Crippen LogP contribution in [0.4, 0.5) is 0 Å². The highest BCUT2D eigenvalue weighted by molar-refractivity contribution is 4.75. The molecule has 1 fully saturated rings. The summed E-state index contributed by atoms with van der Waals surface area (Å²) in [6, 6.07) is 0.744. The van der Waals surface area contributed by atoms with Gasteiger partial charge in [0.2, 0.25) is 0 Å². The summed E-state index contributed by atoms with van der Waals surface area (Å²) < 4.78 is 0. The fraction of sp³-hybridized carbons (Fsp3) is 1.00. The topological polar surface area (TPSA) is 27.6 Å². The number of hydrogen-bond acceptors (Lipinski definition) is 0. The van der Waals surface area contributed by atoms with Crippen molar-refractivity contribution < 1.29 is 5.73 Å². The highest BCUT2D eigenvalue weighted by atomic mass is 14.7. The van der Waals surface area contributed by atoms with Crippen LogP contribution in [-0.4, -0.2) is 6.04 Å². The van der Waals surface area contributed by atoms with Crippen LogP contribution < -0.4 is 5.73 Å². The van der Waals surface area contributed by atoms with Crippen molar-refractivity contribution in [3.05, 3.63) is 0 Å². The Balaban J connectivity index is 2.40. The Morgan fingerprint density at radius 1 is 1.20 bits per heavy atom. The standard InChI is InChI=1S/C9H19N/c1-7(2)8-5-3-4-6-9(8)10/h7-9H,3-6,10H2,1-2H3/p+1. The molecule has 0 radical (unpaired) electrons. The molecule has 0 saturated heterocycles. The molecule has 0 aliphatic heterocycles. The van der Waals surface area contributed by atoms with Crippen molar-refractivity contribution in [3.63, 3.8) is 0 Å². The van der Waals surface area contributed by atoms with Gasteiger partial charge in [0.15, 0.2) is 0 Å². The van der Waals surface area contributed by atoms with Gasteiger partial charge in [0.1, 0.15) is 0 Å². The Labute approximate surface area is 64.0 Å². The van der Waals surface area contributed by atoms with Crippen molar-refractivity contribution in [1.82, 2.24) is 0 Å². The molecule has 1 aliphatic carbocycles. The molecule has 0 amide bonds. The van der Waals surface area contributed by atoms with Crippen LogP contribution in [0.2, 0.25) is 0 Å². The smallest absolute Gasteiger partial charge is 0.0874 e. The van der Waals surface area contributed by atoms with E-state index >= 15 is 0 Å². The van der Waals surface area contributed by atoms with Gasteiger partial charge in [-0.1, -0.05) is 20.3 Å². The van der Waals surface area contributed by atoms with E-state index in [2.05, 4.69) is 19.6 Å². The highest BCUT2D eigenvalue weighted by Crippen LogP contribution is 2.27. The molecule has 2 unspecified atom stereocenters. The Morgan fingerprint density at radius 3 is 2.20 bits per heavy atom. The van der Waals surface area contributed by atoms with Crippen molar-refractivity contribution in [2.45, 2.75) is 45.6 Å². The van der Waals surface area contributed by atoms with Crippen LogP contribution in [0.15, 0.2) is 0 Å². The van der Waals surface area contributed by atoms with Crippen LogP contribution in [0.3, 0.4) is 0 Å². The van der Waals surface area contributed by atoms with Gasteiger partial charge in [-0.05, 0) is 25.2 Å². The zero-order chi connectivity index (χ0) is 7.56. The van der Waals surface area contributed by atoms with Crippen molar-refractivity contribution in [1.29, 1.82) is 0 Å². The largest absolute Gasteiger partial charge is 0.355 e. The van der Waals surface area contributed by atoms with Crippen LogP contribution >= 0.6 is 0 Å². The molecule has 1 heteroatoms. The predicted molar refractivity (Wildman–Crippen MR) is 43.5 cm³/mol. The lowest BCUT2D eigenvalue weighted by Gasteiger charge is -2.28. The Bertz CT molecular complexity index is 98.9. The maximum atomic E-state index is 4.20. The van der Waals surface area contributed by atoms with Crippen LogP contribution in [0.25, 0.3) is 0 Å². The molecular weight excluding hydrogens is 122 g/mol. The first kappa shape index (κ1) is 8.06. The molecule has 0 heterocycles. The van der Waals surface area contributed by atoms with E-state index < -0.39 is 0 Å². The van der Waals surface area contributed by atoms with Gasteiger partial charge in [0.05, 0.1) is 6.04 Å². The molecule has 0 spiro atoms. The SMILES string of the molecule is CC(C)C1CCCCC1[NH3+]. The van der Waals surface area contributed by atoms with Gasteiger partial charge in [-0.2, -0.15) is 0 Å². The van der Waals surface area contributed by atoms with Gasteiger partial charge < -0.3 is 5.73 Å². The van der Waals surface area contributed by atoms with Gasteiger partial charge in [-0.3, -0.25) is 0 Å². The Kier molecular flexibility index (Phi) is 2.72. The molecule has 1 aliphatic rings. The zero-order valence-corrected chi connectivity index (χ0v) is 7.27. The maximum absolute atomic E-state index is 4.20. The summed E-state index contributed by atoms with van der Waals surface area (Å²) in [5.74, 6) is 1.76. The molecule has 3 N–H and O–H groups in total. The molecular formula is C9H20N+. The lowest BCUT2D eigenvalue weighted by Crippen LogP contribution is -2.65. The van der Waals surface area contributed by atoms with Gasteiger partial charge in [0, 0.05) is 5.92 Å². The zero-order valence-electron chi connectivity index (χ0n) is 7.27. The quantitative estimate of drug-likeness (QED) is 0.574. The summed E-state index contributed by atoms with van der Waals surface area (Å²) in [5, 5.41) is 0. The van der Waals surface area contributed by atoms with Crippen molar-refractivity contribution >= 4 is 0 Å². The highest BCUT2D eigenvalue weighted by Gasteiger charge is 2.26. The molecule has 1 nitrogen and oxygen atoms in total. The Morgan fingerprint density at radius 2 is 1.80 bits per heavy atom. The summed E-state index contributed by atoms with van der Waals surface area (Å²) in [7, 11) is 0. The summed E-state index contributed by atoms with van der Waals surface area (Å²) >= 11 is 0. The minimum atomic E-state index is 0.744. The third-order valence-corrected chi connectivity index (χ3v) is 2.82. The molecule has 1 saturated carbocycles. The van der Waals surface area contributed by atoms with Crippen LogP contribution in [0.1, 0.15) is 39.5 Å². The number of rotatable bonds is 1. The van der Waals surface area contributed by atoms with E-state index in [4.69, 9.17) is 0 Å². The number of quaternary nitrogens is 1. The van der Waals surface area contributed by atoms with Crippen LogP contribution in [0, 0.1) is 11.8 Å². The summed E-state index contributed by atoms with van der Waals surface area (Å²) in [6.07, 6.45) is 5.64. The normalized spacial score (nSPS) is 34.8. The third kappa shape index (κ3) is 1.72. The monoisotopic (exact) mass is 142 g/mol. The number of hydrogen-bond donors (Lipinski definition) is 1. The van der Waals surface area contributed by atoms with Crippen LogP contribution in [-0.2, 0) is 0 Å². The van der Waals surface area contributed by atoms with Gasteiger partial charge in [-0.25, -0.2) is 0 Å². The first-order valence-corrected chi connectivity index (χ1v) is 4.55. The molecule has 0 bridgehead atoms. The van der Waals surface area contributed by atoms with E-state index in [0.29, 0.717) is 0 Å². The van der Waals surface area contributed by atoms with Gasteiger partial charge in [0.25, 0.3) is 0 Å². The van der Waals surface area contributed by atoms with E-state index in [1.165, 1.54) is 25.7 Å².